The molecule has 2 heteroatoms. The predicted octanol–water partition coefficient (Wildman–Crippen LogP) is 1.77. The molecule has 0 saturated carbocycles. The van der Waals surface area contributed by atoms with Crippen molar-refractivity contribution in [1.29, 1.82) is 0 Å². The van der Waals surface area contributed by atoms with Crippen LogP contribution in [0.25, 0.3) is 0 Å². The van der Waals surface area contributed by atoms with Crippen LogP contribution in [0, 0.1) is 12.3 Å². The molecule has 0 spiro atoms. The largest absolute Gasteiger partial charge is 0.293 e. The van der Waals surface area contributed by atoms with Gasteiger partial charge in [0.2, 0.25) is 0 Å². The van der Waals surface area contributed by atoms with Gasteiger partial charge in [-0.25, -0.2) is 0 Å². The number of terminal acetylenes is 1. The molecular formula is C8H14IN. The molecular weight excluding hydrogens is 237 g/mol. The third-order valence-electron chi connectivity index (χ3n) is 1.62. The van der Waals surface area contributed by atoms with Crippen molar-refractivity contribution in [2.45, 2.75) is 19.4 Å². The SMILES string of the molecule is C#CCN(C)C(C)CCI. The molecule has 0 saturated heterocycles. The maximum Gasteiger partial charge on any atom is 0.0598 e. The van der Waals surface area contributed by atoms with Gasteiger partial charge < -0.3 is 0 Å². The van der Waals surface area contributed by atoms with E-state index in [4.69, 9.17) is 6.42 Å². The van der Waals surface area contributed by atoms with E-state index in [-0.39, 0.29) is 0 Å². The fourth-order valence-corrected chi connectivity index (χ4v) is 1.58. The van der Waals surface area contributed by atoms with Gasteiger partial charge in [0.05, 0.1) is 6.54 Å². The Hall–Kier alpha value is 0.250. The molecule has 0 aliphatic heterocycles. The molecule has 0 heterocycles. The van der Waals surface area contributed by atoms with Crippen molar-refractivity contribution in [3.8, 4) is 12.3 Å². The van der Waals surface area contributed by atoms with Crippen LogP contribution in [0.3, 0.4) is 0 Å². The molecule has 0 aliphatic rings. The van der Waals surface area contributed by atoms with E-state index in [0.29, 0.717) is 6.04 Å². The molecule has 1 atom stereocenters. The van der Waals surface area contributed by atoms with E-state index in [1.54, 1.807) is 0 Å². The molecule has 0 amide bonds. The summed E-state index contributed by atoms with van der Waals surface area (Å²) in [6.07, 6.45) is 6.39. The minimum Gasteiger partial charge on any atom is -0.293 e. The zero-order valence-electron chi connectivity index (χ0n) is 6.60. The van der Waals surface area contributed by atoms with Crippen molar-refractivity contribution < 1.29 is 0 Å². The van der Waals surface area contributed by atoms with E-state index < -0.39 is 0 Å². The number of alkyl halides is 1. The number of hydrogen-bond acceptors (Lipinski definition) is 1. The molecule has 1 unspecified atom stereocenters. The zero-order chi connectivity index (χ0) is 7.98. The Bertz CT molecular complexity index is 117. The molecule has 0 bridgehead atoms. The lowest BCUT2D eigenvalue weighted by atomic mass is 10.2. The van der Waals surface area contributed by atoms with Gasteiger partial charge in [-0.3, -0.25) is 4.90 Å². The summed E-state index contributed by atoms with van der Waals surface area (Å²) in [5.41, 5.74) is 0. The molecule has 0 rings (SSSR count). The van der Waals surface area contributed by atoms with E-state index in [1.165, 1.54) is 10.8 Å². The van der Waals surface area contributed by atoms with E-state index in [2.05, 4.69) is 47.4 Å². The van der Waals surface area contributed by atoms with Crippen LogP contribution in [0.1, 0.15) is 13.3 Å². The van der Waals surface area contributed by atoms with Gasteiger partial charge in [0.15, 0.2) is 0 Å². The Kier molecular flexibility index (Phi) is 6.14. The van der Waals surface area contributed by atoms with Crippen molar-refractivity contribution in [1.82, 2.24) is 4.90 Å². The normalized spacial score (nSPS) is 13.1. The Balaban J connectivity index is 3.50. The zero-order valence-corrected chi connectivity index (χ0v) is 8.76. The second kappa shape index (κ2) is 5.99. The number of halogens is 1. The summed E-state index contributed by atoms with van der Waals surface area (Å²) in [5, 5.41) is 0. The quantitative estimate of drug-likeness (QED) is 0.418. The lowest BCUT2D eigenvalue weighted by Crippen LogP contribution is -2.29. The predicted molar refractivity (Wildman–Crippen MR) is 54.4 cm³/mol. The lowest BCUT2D eigenvalue weighted by molar-refractivity contribution is 0.284. The smallest absolute Gasteiger partial charge is 0.0598 e. The van der Waals surface area contributed by atoms with E-state index in [1.807, 2.05) is 0 Å². The summed E-state index contributed by atoms with van der Waals surface area (Å²) in [6.45, 7) is 2.97. The van der Waals surface area contributed by atoms with Gasteiger partial charge in [-0.1, -0.05) is 28.5 Å². The fraction of sp³-hybridized carbons (Fsp3) is 0.750. The van der Waals surface area contributed by atoms with Crippen molar-refractivity contribution >= 4 is 22.6 Å². The maximum atomic E-state index is 5.17. The van der Waals surface area contributed by atoms with Gasteiger partial charge in [0.1, 0.15) is 0 Å². The number of rotatable bonds is 4. The van der Waals surface area contributed by atoms with Crippen molar-refractivity contribution in [2.75, 3.05) is 18.0 Å². The minimum absolute atomic E-state index is 0.618. The first kappa shape index (κ1) is 10.2. The molecule has 10 heavy (non-hydrogen) atoms. The van der Waals surface area contributed by atoms with Gasteiger partial charge in [-0.05, 0) is 20.4 Å². The number of nitrogens with zero attached hydrogens (tertiary/aromatic N) is 1. The van der Waals surface area contributed by atoms with Crippen LogP contribution in [-0.4, -0.2) is 29.0 Å². The molecule has 0 aromatic heterocycles. The molecule has 0 aliphatic carbocycles. The standard InChI is InChI=1S/C8H14IN/c1-4-7-10(3)8(2)5-6-9/h1,8H,5-7H2,2-3H3. The van der Waals surface area contributed by atoms with Crippen molar-refractivity contribution in [3.63, 3.8) is 0 Å². The molecule has 1 nitrogen and oxygen atoms in total. The van der Waals surface area contributed by atoms with Crippen LogP contribution >= 0.6 is 22.6 Å². The minimum atomic E-state index is 0.618. The Morgan fingerprint density at radius 2 is 2.30 bits per heavy atom. The fourth-order valence-electron chi connectivity index (χ4n) is 0.678. The van der Waals surface area contributed by atoms with Gasteiger partial charge in [-0.2, -0.15) is 0 Å². The summed E-state index contributed by atoms with van der Waals surface area (Å²) in [4.78, 5) is 2.19. The molecule has 0 radical (unpaired) electrons. The second-order valence-electron chi connectivity index (χ2n) is 2.45. The van der Waals surface area contributed by atoms with Gasteiger partial charge in [0.25, 0.3) is 0 Å². The molecule has 0 N–H and O–H groups in total. The summed E-state index contributed by atoms with van der Waals surface area (Å²) in [5.74, 6) is 2.63. The Morgan fingerprint density at radius 3 is 2.70 bits per heavy atom. The van der Waals surface area contributed by atoms with Gasteiger partial charge in [0, 0.05) is 10.5 Å². The number of hydrogen-bond donors (Lipinski definition) is 0. The topological polar surface area (TPSA) is 3.24 Å². The van der Waals surface area contributed by atoms with Crippen molar-refractivity contribution in [2.24, 2.45) is 0 Å². The van der Waals surface area contributed by atoms with Crippen LogP contribution in [0.4, 0.5) is 0 Å². The molecule has 58 valence electrons. The monoisotopic (exact) mass is 251 g/mol. The average Bonchev–Trinajstić information content (AvgIpc) is 1.89. The van der Waals surface area contributed by atoms with E-state index in [9.17, 15) is 0 Å². The van der Waals surface area contributed by atoms with Gasteiger partial charge >= 0.3 is 0 Å². The summed E-state index contributed by atoms with van der Waals surface area (Å²) >= 11 is 2.39. The third kappa shape index (κ3) is 4.13. The van der Waals surface area contributed by atoms with Crippen molar-refractivity contribution in [3.05, 3.63) is 0 Å². The summed E-state index contributed by atoms with van der Waals surface area (Å²) < 4.78 is 1.20. The Morgan fingerprint density at radius 1 is 1.70 bits per heavy atom. The van der Waals surface area contributed by atoms with E-state index >= 15 is 0 Å². The second-order valence-corrected chi connectivity index (χ2v) is 3.52. The highest BCUT2D eigenvalue weighted by Crippen LogP contribution is 2.02. The van der Waals surface area contributed by atoms with Crippen LogP contribution in [0.5, 0.6) is 0 Å². The molecule has 0 aromatic carbocycles. The summed E-state index contributed by atoms with van der Waals surface area (Å²) in [7, 11) is 2.07. The Labute approximate surface area is 77.3 Å². The third-order valence-corrected chi connectivity index (χ3v) is 2.24. The summed E-state index contributed by atoms with van der Waals surface area (Å²) in [6, 6.07) is 0.618. The van der Waals surface area contributed by atoms with Crippen LogP contribution in [0.2, 0.25) is 0 Å². The van der Waals surface area contributed by atoms with Crippen LogP contribution in [-0.2, 0) is 0 Å². The first-order chi connectivity index (χ1) is 4.72. The van der Waals surface area contributed by atoms with Gasteiger partial charge in [-0.15, -0.1) is 6.42 Å². The van der Waals surface area contributed by atoms with E-state index in [0.717, 1.165) is 6.54 Å². The highest BCUT2D eigenvalue weighted by Gasteiger charge is 2.05. The first-order valence-electron chi connectivity index (χ1n) is 3.42. The molecule has 0 fully saturated rings. The van der Waals surface area contributed by atoms with Crippen LogP contribution < -0.4 is 0 Å². The highest BCUT2D eigenvalue weighted by atomic mass is 127. The maximum absolute atomic E-state index is 5.17. The first-order valence-corrected chi connectivity index (χ1v) is 4.94. The molecule has 0 aromatic rings. The van der Waals surface area contributed by atoms with Crippen LogP contribution in [0.15, 0.2) is 0 Å². The highest BCUT2D eigenvalue weighted by molar-refractivity contribution is 14.1. The average molecular weight is 251 g/mol. The lowest BCUT2D eigenvalue weighted by Gasteiger charge is -2.21.